The summed E-state index contributed by atoms with van der Waals surface area (Å²) < 4.78 is 0. The Morgan fingerprint density at radius 3 is 2.56 bits per heavy atom. The fraction of sp³-hybridized carbons (Fsp3) is 0.846. The molecule has 1 heterocycles. The van der Waals surface area contributed by atoms with Gasteiger partial charge in [0.2, 0.25) is 5.91 Å². The van der Waals surface area contributed by atoms with Gasteiger partial charge in [-0.1, -0.05) is 19.8 Å². The Kier molecular flexibility index (Phi) is 6.72. The Balaban J connectivity index is 2.24. The molecular weight excluding hydrogens is 232 g/mol. The summed E-state index contributed by atoms with van der Waals surface area (Å²) in [6.07, 6.45) is 5.08. The van der Waals surface area contributed by atoms with Crippen LogP contribution in [0.15, 0.2) is 0 Å². The number of carboxylic acids is 1. The topological polar surface area (TPSA) is 69.6 Å². The second-order valence-corrected chi connectivity index (χ2v) is 4.90. The summed E-state index contributed by atoms with van der Waals surface area (Å²) in [4.78, 5) is 24.9. The lowest BCUT2D eigenvalue weighted by atomic mass is 10.1. The van der Waals surface area contributed by atoms with Gasteiger partial charge in [-0.25, -0.2) is 4.79 Å². The minimum Gasteiger partial charge on any atom is -0.480 e. The van der Waals surface area contributed by atoms with E-state index in [0.717, 1.165) is 32.5 Å². The van der Waals surface area contributed by atoms with Crippen molar-refractivity contribution in [1.82, 2.24) is 10.2 Å². The Hall–Kier alpha value is -1.10. The van der Waals surface area contributed by atoms with Crippen molar-refractivity contribution in [3.05, 3.63) is 0 Å². The van der Waals surface area contributed by atoms with Crippen LogP contribution in [0.1, 0.15) is 45.4 Å². The maximum atomic E-state index is 11.7. The van der Waals surface area contributed by atoms with Gasteiger partial charge in [0.1, 0.15) is 6.04 Å². The molecule has 5 heteroatoms. The first-order valence-corrected chi connectivity index (χ1v) is 6.88. The van der Waals surface area contributed by atoms with E-state index in [2.05, 4.69) is 10.2 Å². The lowest BCUT2D eigenvalue weighted by Gasteiger charge is -2.17. The summed E-state index contributed by atoms with van der Waals surface area (Å²) in [6.45, 7) is 4.87. The van der Waals surface area contributed by atoms with Gasteiger partial charge >= 0.3 is 5.97 Å². The summed E-state index contributed by atoms with van der Waals surface area (Å²) in [5.74, 6) is -1.08. The third kappa shape index (κ3) is 5.49. The van der Waals surface area contributed by atoms with Gasteiger partial charge in [0.15, 0.2) is 0 Å². The smallest absolute Gasteiger partial charge is 0.326 e. The predicted octanol–water partition coefficient (Wildman–Crippen LogP) is 1.23. The van der Waals surface area contributed by atoms with Gasteiger partial charge in [0, 0.05) is 13.0 Å². The highest BCUT2D eigenvalue weighted by Crippen LogP contribution is 2.07. The third-order valence-corrected chi connectivity index (χ3v) is 3.33. The molecule has 0 aromatic rings. The van der Waals surface area contributed by atoms with E-state index in [-0.39, 0.29) is 5.91 Å². The molecule has 0 aromatic carbocycles. The van der Waals surface area contributed by atoms with Crippen molar-refractivity contribution in [2.45, 2.75) is 51.5 Å². The molecule has 2 N–H and O–H groups in total. The van der Waals surface area contributed by atoms with Crippen LogP contribution in [0.3, 0.4) is 0 Å². The molecule has 18 heavy (non-hydrogen) atoms. The predicted molar refractivity (Wildman–Crippen MR) is 69.4 cm³/mol. The van der Waals surface area contributed by atoms with Crippen molar-refractivity contribution < 1.29 is 14.7 Å². The molecule has 104 valence electrons. The molecule has 0 saturated carbocycles. The molecule has 1 unspecified atom stereocenters. The SMILES string of the molecule is CCCCC(NC(=O)CCN1CCCC1)C(=O)O. The molecule has 0 bridgehead atoms. The molecule has 1 amide bonds. The first kappa shape index (κ1) is 15.0. The molecular formula is C13H24N2O3. The average Bonchev–Trinajstić information content (AvgIpc) is 2.84. The highest BCUT2D eigenvalue weighted by Gasteiger charge is 2.20. The summed E-state index contributed by atoms with van der Waals surface area (Å²) in [7, 11) is 0. The van der Waals surface area contributed by atoms with Crippen LogP contribution in [0.2, 0.25) is 0 Å². The normalized spacial score (nSPS) is 17.6. The highest BCUT2D eigenvalue weighted by molar-refractivity contribution is 5.83. The van der Waals surface area contributed by atoms with Crippen molar-refractivity contribution in [2.75, 3.05) is 19.6 Å². The van der Waals surface area contributed by atoms with E-state index in [1.165, 1.54) is 12.8 Å². The lowest BCUT2D eigenvalue weighted by Crippen LogP contribution is -2.41. The van der Waals surface area contributed by atoms with E-state index in [9.17, 15) is 9.59 Å². The van der Waals surface area contributed by atoms with Crippen LogP contribution in [0.5, 0.6) is 0 Å². The van der Waals surface area contributed by atoms with Crippen LogP contribution in [0.25, 0.3) is 0 Å². The first-order chi connectivity index (χ1) is 8.63. The number of nitrogens with one attached hydrogen (secondary N) is 1. The van der Waals surface area contributed by atoms with Crippen molar-refractivity contribution in [2.24, 2.45) is 0 Å². The highest BCUT2D eigenvalue weighted by atomic mass is 16.4. The van der Waals surface area contributed by atoms with Gasteiger partial charge in [-0.3, -0.25) is 4.79 Å². The molecule has 0 radical (unpaired) electrons. The minimum atomic E-state index is -0.932. The van der Waals surface area contributed by atoms with Crippen LogP contribution in [0.4, 0.5) is 0 Å². The lowest BCUT2D eigenvalue weighted by molar-refractivity contribution is -0.142. The fourth-order valence-electron chi connectivity index (χ4n) is 2.20. The van der Waals surface area contributed by atoms with E-state index in [0.29, 0.717) is 12.8 Å². The van der Waals surface area contributed by atoms with Crippen LogP contribution in [0, 0.1) is 0 Å². The Morgan fingerprint density at radius 1 is 1.33 bits per heavy atom. The van der Waals surface area contributed by atoms with Gasteiger partial charge in [-0.15, -0.1) is 0 Å². The van der Waals surface area contributed by atoms with Crippen molar-refractivity contribution in [3.8, 4) is 0 Å². The quantitative estimate of drug-likeness (QED) is 0.685. The van der Waals surface area contributed by atoms with Crippen LogP contribution >= 0.6 is 0 Å². The molecule has 0 aromatic heterocycles. The number of amides is 1. The molecule has 1 saturated heterocycles. The van der Waals surface area contributed by atoms with E-state index >= 15 is 0 Å². The largest absolute Gasteiger partial charge is 0.480 e. The standard InChI is InChI=1S/C13H24N2O3/c1-2-3-6-11(13(17)18)14-12(16)7-10-15-8-4-5-9-15/h11H,2-10H2,1H3,(H,14,16)(H,17,18). The number of carbonyl (C=O) groups is 2. The number of carbonyl (C=O) groups excluding carboxylic acids is 1. The summed E-state index contributed by atoms with van der Waals surface area (Å²) in [5.41, 5.74) is 0. The number of rotatable bonds is 8. The minimum absolute atomic E-state index is 0.148. The van der Waals surface area contributed by atoms with Crippen molar-refractivity contribution in [3.63, 3.8) is 0 Å². The number of nitrogens with zero attached hydrogens (tertiary/aromatic N) is 1. The van der Waals surface area contributed by atoms with Gasteiger partial charge in [0.25, 0.3) is 0 Å². The van der Waals surface area contributed by atoms with E-state index in [1.54, 1.807) is 0 Å². The summed E-state index contributed by atoms with van der Waals surface area (Å²) in [5, 5.41) is 11.6. The zero-order chi connectivity index (χ0) is 13.4. The van der Waals surface area contributed by atoms with Crippen molar-refractivity contribution in [1.29, 1.82) is 0 Å². The number of carboxylic acid groups (broad SMARTS) is 1. The Bertz CT molecular complexity index is 275. The summed E-state index contributed by atoms with van der Waals surface area (Å²) in [6, 6.07) is -0.726. The molecule has 0 aliphatic carbocycles. The first-order valence-electron chi connectivity index (χ1n) is 6.88. The van der Waals surface area contributed by atoms with E-state index in [1.807, 2.05) is 6.92 Å². The van der Waals surface area contributed by atoms with Gasteiger partial charge in [0.05, 0.1) is 0 Å². The number of unbranched alkanes of at least 4 members (excludes halogenated alkanes) is 1. The van der Waals surface area contributed by atoms with Gasteiger partial charge in [-0.05, 0) is 32.4 Å². The second kappa shape index (κ2) is 8.08. The monoisotopic (exact) mass is 256 g/mol. The number of aliphatic carboxylic acids is 1. The molecule has 1 fully saturated rings. The number of hydrogen-bond donors (Lipinski definition) is 2. The maximum Gasteiger partial charge on any atom is 0.326 e. The van der Waals surface area contributed by atoms with Crippen LogP contribution in [-0.4, -0.2) is 47.6 Å². The second-order valence-electron chi connectivity index (χ2n) is 4.90. The van der Waals surface area contributed by atoms with E-state index < -0.39 is 12.0 Å². The number of likely N-dealkylation sites (tertiary alicyclic amines) is 1. The Morgan fingerprint density at radius 2 is 2.00 bits per heavy atom. The average molecular weight is 256 g/mol. The van der Waals surface area contributed by atoms with Crippen LogP contribution in [-0.2, 0) is 9.59 Å². The Labute approximate surface area is 109 Å². The van der Waals surface area contributed by atoms with Crippen LogP contribution < -0.4 is 5.32 Å². The number of hydrogen-bond acceptors (Lipinski definition) is 3. The van der Waals surface area contributed by atoms with E-state index in [4.69, 9.17) is 5.11 Å². The van der Waals surface area contributed by atoms with Gasteiger partial charge < -0.3 is 15.3 Å². The summed E-state index contributed by atoms with van der Waals surface area (Å²) >= 11 is 0. The molecule has 1 aliphatic rings. The molecule has 1 aliphatic heterocycles. The van der Waals surface area contributed by atoms with Gasteiger partial charge in [-0.2, -0.15) is 0 Å². The molecule has 1 rings (SSSR count). The molecule has 5 nitrogen and oxygen atoms in total. The zero-order valence-electron chi connectivity index (χ0n) is 11.2. The fourth-order valence-corrected chi connectivity index (χ4v) is 2.20. The molecule has 1 atom stereocenters. The van der Waals surface area contributed by atoms with Crippen molar-refractivity contribution >= 4 is 11.9 Å². The third-order valence-electron chi connectivity index (χ3n) is 3.33. The molecule has 0 spiro atoms. The maximum absolute atomic E-state index is 11.7. The zero-order valence-corrected chi connectivity index (χ0v) is 11.2.